The molecule has 0 radical (unpaired) electrons. The van der Waals surface area contributed by atoms with E-state index in [1.165, 1.54) is 10.6 Å². The van der Waals surface area contributed by atoms with Crippen LogP contribution in [-0.4, -0.2) is 30.0 Å². The van der Waals surface area contributed by atoms with Crippen LogP contribution in [0.2, 0.25) is 0 Å². The van der Waals surface area contributed by atoms with Gasteiger partial charge in [-0.3, -0.25) is 9.91 Å². The number of para-hydroxylation sites is 1. The maximum Gasteiger partial charge on any atom is 0.148 e. The fourth-order valence-corrected chi connectivity index (χ4v) is 3.47. The molecule has 0 aromatic heterocycles. The molecule has 2 unspecified atom stereocenters. The first-order chi connectivity index (χ1) is 10.7. The number of nitrogens with two attached hydrogens (primary N) is 1. The van der Waals surface area contributed by atoms with Gasteiger partial charge in [0.1, 0.15) is 11.6 Å². The summed E-state index contributed by atoms with van der Waals surface area (Å²) >= 11 is 0. The van der Waals surface area contributed by atoms with Gasteiger partial charge in [0, 0.05) is 19.1 Å². The summed E-state index contributed by atoms with van der Waals surface area (Å²) < 4.78 is 0. The minimum atomic E-state index is -0.0298. The highest BCUT2D eigenvalue weighted by molar-refractivity contribution is 5.77. The summed E-state index contributed by atoms with van der Waals surface area (Å²) in [6, 6.07) is 8.57. The van der Waals surface area contributed by atoms with Crippen LogP contribution in [0.5, 0.6) is 0 Å². The lowest BCUT2D eigenvalue weighted by atomic mass is 9.87. The van der Waals surface area contributed by atoms with Crippen LogP contribution in [0.25, 0.3) is 0 Å². The summed E-state index contributed by atoms with van der Waals surface area (Å²) in [5, 5.41) is 1.49. The van der Waals surface area contributed by atoms with Crippen LogP contribution in [0.1, 0.15) is 38.2 Å². The zero-order chi connectivity index (χ0) is 15.7. The molecule has 0 spiro atoms. The van der Waals surface area contributed by atoms with Crippen LogP contribution < -0.4 is 10.9 Å². The number of allylic oxidation sites excluding steroid dienone is 1. The molecule has 2 atom stereocenters. The molecular weight excluding hydrogens is 274 g/mol. The minimum Gasteiger partial charge on any atom is -0.297 e. The van der Waals surface area contributed by atoms with Crippen LogP contribution in [0, 0.1) is 0 Å². The van der Waals surface area contributed by atoms with Crippen molar-refractivity contribution in [1.82, 2.24) is 4.90 Å². The van der Waals surface area contributed by atoms with Crippen LogP contribution in [0.4, 0.5) is 5.69 Å². The van der Waals surface area contributed by atoms with Gasteiger partial charge in [-0.25, -0.2) is 10.6 Å². The highest BCUT2D eigenvalue weighted by Gasteiger charge is 2.36. The number of hydrogen-bond donors (Lipinski definition) is 1. The zero-order valence-corrected chi connectivity index (χ0v) is 13.2. The molecule has 4 nitrogen and oxygen atoms in total. The Hall–Kier alpha value is -1.87. The number of hydrazine groups is 1. The third kappa shape index (κ3) is 2.40. The predicted molar refractivity (Wildman–Crippen MR) is 89.1 cm³/mol. The van der Waals surface area contributed by atoms with Crippen LogP contribution >= 0.6 is 0 Å². The van der Waals surface area contributed by atoms with Gasteiger partial charge < -0.3 is 0 Å². The Morgan fingerprint density at radius 2 is 2.18 bits per heavy atom. The van der Waals surface area contributed by atoms with Crippen molar-refractivity contribution >= 4 is 11.6 Å². The third-order valence-electron chi connectivity index (χ3n) is 5.01. The molecule has 2 aliphatic heterocycles. The van der Waals surface area contributed by atoms with Crippen molar-refractivity contribution in [3.8, 4) is 0 Å². The molecule has 4 heteroatoms. The maximum absolute atomic E-state index is 11.4. The third-order valence-corrected chi connectivity index (χ3v) is 5.01. The Balaban J connectivity index is 1.92. The Morgan fingerprint density at radius 1 is 1.41 bits per heavy atom. The topological polar surface area (TPSA) is 49.6 Å². The molecule has 3 rings (SSSR count). The highest BCUT2D eigenvalue weighted by atomic mass is 16.1. The summed E-state index contributed by atoms with van der Waals surface area (Å²) in [6.07, 6.45) is 4.40. The van der Waals surface area contributed by atoms with Crippen molar-refractivity contribution in [2.75, 3.05) is 18.1 Å². The van der Waals surface area contributed by atoms with Crippen molar-refractivity contribution < 1.29 is 4.79 Å². The number of benzene rings is 1. The molecule has 0 saturated heterocycles. The molecule has 2 aliphatic rings. The van der Waals surface area contributed by atoms with Crippen molar-refractivity contribution in [1.29, 1.82) is 0 Å². The Labute approximate surface area is 131 Å². The van der Waals surface area contributed by atoms with E-state index in [2.05, 4.69) is 36.8 Å². The van der Waals surface area contributed by atoms with Gasteiger partial charge in [0.15, 0.2) is 0 Å². The van der Waals surface area contributed by atoms with Gasteiger partial charge in [0.05, 0.1) is 11.6 Å². The molecule has 1 aromatic rings. The molecule has 116 valence electrons. The van der Waals surface area contributed by atoms with Gasteiger partial charge in [-0.15, -0.1) is 0 Å². The molecule has 0 aliphatic carbocycles. The average Bonchev–Trinajstić information content (AvgIpc) is 2.87. The fraction of sp³-hybridized carbons (Fsp3) is 0.444. The summed E-state index contributed by atoms with van der Waals surface area (Å²) in [4.78, 5) is 13.9. The van der Waals surface area contributed by atoms with E-state index in [-0.39, 0.29) is 5.92 Å². The number of rotatable bonds is 3. The Bertz CT molecular complexity index is 645. The lowest BCUT2D eigenvalue weighted by Gasteiger charge is -2.32. The first-order valence-electron chi connectivity index (χ1n) is 7.99. The fourth-order valence-electron chi connectivity index (χ4n) is 3.47. The van der Waals surface area contributed by atoms with Crippen molar-refractivity contribution in [3.63, 3.8) is 0 Å². The smallest absolute Gasteiger partial charge is 0.148 e. The van der Waals surface area contributed by atoms with E-state index in [1.54, 1.807) is 0 Å². The van der Waals surface area contributed by atoms with Crippen molar-refractivity contribution in [3.05, 3.63) is 47.2 Å². The molecule has 0 fully saturated rings. The van der Waals surface area contributed by atoms with Crippen molar-refractivity contribution in [2.45, 2.75) is 38.6 Å². The standard InChI is InChI=1S/C18H23N3O/c1-3-13(2)20-10-8-14(9-11-20)18-15-6-4-5-7-16(15)21(19)17(18)12-22/h4-8,13,18H,3,9-11,19H2,1-2H3. The summed E-state index contributed by atoms with van der Waals surface area (Å²) in [5.74, 6) is 8.13. The molecular formula is C18H23N3O. The number of nitrogens with zero attached hydrogens (tertiary/aromatic N) is 2. The average molecular weight is 297 g/mol. The largest absolute Gasteiger partial charge is 0.297 e. The highest BCUT2D eigenvalue weighted by Crippen LogP contribution is 2.45. The first-order valence-corrected chi connectivity index (χ1v) is 7.99. The maximum atomic E-state index is 11.4. The quantitative estimate of drug-likeness (QED) is 0.529. The van der Waals surface area contributed by atoms with E-state index in [4.69, 9.17) is 5.84 Å². The van der Waals surface area contributed by atoms with Gasteiger partial charge in [0.2, 0.25) is 0 Å². The van der Waals surface area contributed by atoms with E-state index >= 15 is 0 Å². The second kappa shape index (κ2) is 6.09. The van der Waals surface area contributed by atoms with Crippen LogP contribution in [0.3, 0.4) is 0 Å². The Morgan fingerprint density at radius 3 is 2.82 bits per heavy atom. The lowest BCUT2D eigenvalue weighted by Crippen LogP contribution is -2.37. The summed E-state index contributed by atoms with van der Waals surface area (Å²) in [6.45, 7) is 6.47. The molecule has 2 N–H and O–H groups in total. The van der Waals surface area contributed by atoms with Gasteiger partial charge in [-0.05, 0) is 31.4 Å². The molecule has 1 aromatic carbocycles. The zero-order valence-electron chi connectivity index (χ0n) is 13.2. The van der Waals surface area contributed by atoms with E-state index in [1.807, 2.05) is 18.2 Å². The second-order valence-corrected chi connectivity index (χ2v) is 6.13. The monoisotopic (exact) mass is 297 g/mol. The van der Waals surface area contributed by atoms with Gasteiger partial charge in [0.25, 0.3) is 0 Å². The number of anilines is 1. The second-order valence-electron chi connectivity index (χ2n) is 6.13. The molecule has 0 bridgehead atoms. The van der Waals surface area contributed by atoms with Crippen LogP contribution in [0.15, 0.2) is 41.6 Å². The minimum absolute atomic E-state index is 0.0298. The van der Waals surface area contributed by atoms with E-state index in [9.17, 15) is 4.79 Å². The molecule has 0 amide bonds. The number of carbonyl (C=O) groups excluding carboxylic acids is 1. The molecule has 2 heterocycles. The van der Waals surface area contributed by atoms with Crippen molar-refractivity contribution in [2.24, 2.45) is 5.84 Å². The van der Waals surface area contributed by atoms with E-state index < -0.39 is 0 Å². The van der Waals surface area contributed by atoms with Crippen LogP contribution in [-0.2, 0) is 4.79 Å². The summed E-state index contributed by atoms with van der Waals surface area (Å²) in [5.41, 5.74) is 3.85. The van der Waals surface area contributed by atoms with Gasteiger partial charge >= 0.3 is 0 Å². The van der Waals surface area contributed by atoms with Gasteiger partial charge in [-0.2, -0.15) is 0 Å². The first kappa shape index (κ1) is 15.0. The lowest BCUT2D eigenvalue weighted by molar-refractivity contribution is 0.218. The SMILES string of the molecule is CCC(C)N1CC=C(C2C(=C=O)N(N)c3ccccc32)CC1. The summed E-state index contributed by atoms with van der Waals surface area (Å²) in [7, 11) is 0. The Kier molecular flexibility index (Phi) is 4.16. The predicted octanol–water partition coefficient (Wildman–Crippen LogP) is 2.61. The normalized spacial score (nSPS) is 23.0. The van der Waals surface area contributed by atoms with Gasteiger partial charge in [-0.1, -0.05) is 36.8 Å². The molecule has 0 saturated carbocycles. The van der Waals surface area contributed by atoms with E-state index in [0.29, 0.717) is 11.7 Å². The van der Waals surface area contributed by atoms with E-state index in [0.717, 1.165) is 37.2 Å². The number of hydrogen-bond acceptors (Lipinski definition) is 4. The molecule has 22 heavy (non-hydrogen) atoms. The number of fused-ring (bicyclic) bond motifs is 1.